The molecule has 90 valence electrons. The van der Waals surface area contributed by atoms with Crippen LogP contribution in [0.5, 0.6) is 0 Å². The Morgan fingerprint density at radius 3 is 2.38 bits per heavy atom. The van der Waals surface area contributed by atoms with Gasteiger partial charge in [0.25, 0.3) is 0 Å². The molecule has 0 saturated heterocycles. The molecule has 2 nitrogen and oxygen atoms in total. The van der Waals surface area contributed by atoms with E-state index in [-0.39, 0.29) is 0 Å². The fourth-order valence-electron chi connectivity index (χ4n) is 1.92. The molecule has 0 bridgehead atoms. The topological polar surface area (TPSA) is 15.3 Å². The van der Waals surface area contributed by atoms with Crippen molar-refractivity contribution >= 4 is 30.1 Å². The summed E-state index contributed by atoms with van der Waals surface area (Å²) in [4.78, 5) is 2.24. The van der Waals surface area contributed by atoms with E-state index < -0.39 is 0 Å². The van der Waals surface area contributed by atoms with Crippen LogP contribution in [-0.2, 0) is 0 Å². The number of hydrogen-bond donors (Lipinski definition) is 1. The molecule has 1 aromatic carbocycles. The van der Waals surface area contributed by atoms with Crippen molar-refractivity contribution < 1.29 is 0 Å². The van der Waals surface area contributed by atoms with E-state index in [1.54, 1.807) is 0 Å². The maximum Gasteiger partial charge on any atom is 0.0798 e. The van der Waals surface area contributed by atoms with Gasteiger partial charge in [0.1, 0.15) is 0 Å². The van der Waals surface area contributed by atoms with Gasteiger partial charge in [0.15, 0.2) is 0 Å². The average molecular weight is 256 g/mol. The van der Waals surface area contributed by atoms with Crippen LogP contribution in [0, 0.1) is 9.02 Å². The predicted octanol–water partition coefficient (Wildman–Crippen LogP) is 3.19. The second-order valence-electron chi connectivity index (χ2n) is 4.45. The van der Waals surface area contributed by atoms with Crippen LogP contribution in [-0.4, -0.2) is 27.2 Å². The summed E-state index contributed by atoms with van der Waals surface area (Å²) in [5.41, 5.74) is 2.47. The molecule has 0 fully saturated rings. The summed E-state index contributed by atoms with van der Waals surface area (Å²) in [6.07, 6.45) is 1.12. The molecule has 0 unspecified atom stereocenters. The van der Waals surface area contributed by atoms with Crippen LogP contribution < -0.4 is 10.2 Å². The fourth-order valence-corrected chi connectivity index (χ4v) is 2.72. The highest BCUT2D eigenvalue weighted by Crippen LogP contribution is 2.35. The van der Waals surface area contributed by atoms with Gasteiger partial charge in [0.2, 0.25) is 0 Å². The fraction of sp³-hybridized carbons (Fsp3) is 0.667. The first-order chi connectivity index (χ1) is 7.50. The molecule has 0 amide bonds. The lowest BCUT2D eigenvalue weighted by Crippen LogP contribution is -2.25. The summed E-state index contributed by atoms with van der Waals surface area (Å²) < 4.78 is 1.78. The zero-order valence-corrected chi connectivity index (χ0v) is 12.1. The van der Waals surface area contributed by atoms with E-state index in [0.29, 0.717) is 5.92 Å². The van der Waals surface area contributed by atoms with Crippen molar-refractivity contribution in [1.29, 1.82) is 0 Å². The molecule has 0 aliphatic heterocycles. The van der Waals surface area contributed by atoms with Gasteiger partial charge in [-0.05, 0) is 31.5 Å². The molecule has 0 atom stereocenters. The molecular weight excluding hydrogens is 236 g/mol. The third-order valence-corrected chi connectivity index (χ3v) is 3.75. The molecule has 0 aliphatic rings. The SMILES string of the molecule is CNCCCN(C)c1c(C(C)C)c(=S)c1=S. The smallest absolute Gasteiger partial charge is 0.0798 e. The minimum absolute atomic E-state index is 0.473. The van der Waals surface area contributed by atoms with Gasteiger partial charge >= 0.3 is 0 Å². The van der Waals surface area contributed by atoms with Gasteiger partial charge in [-0.15, -0.1) is 0 Å². The third kappa shape index (κ3) is 2.67. The van der Waals surface area contributed by atoms with Gasteiger partial charge < -0.3 is 10.2 Å². The van der Waals surface area contributed by atoms with Gasteiger partial charge in [-0.25, -0.2) is 0 Å². The zero-order chi connectivity index (χ0) is 12.3. The summed E-state index contributed by atoms with van der Waals surface area (Å²) in [6, 6.07) is 0. The lowest BCUT2D eigenvalue weighted by Gasteiger charge is -2.27. The lowest BCUT2D eigenvalue weighted by molar-refractivity contribution is 0.706. The van der Waals surface area contributed by atoms with Gasteiger partial charge in [0.05, 0.1) is 14.7 Å². The van der Waals surface area contributed by atoms with E-state index >= 15 is 0 Å². The molecule has 0 heterocycles. The Labute approximate surface area is 108 Å². The summed E-state index contributed by atoms with van der Waals surface area (Å²) in [5.74, 6) is 0.473. The summed E-state index contributed by atoms with van der Waals surface area (Å²) in [7, 11) is 4.07. The van der Waals surface area contributed by atoms with Gasteiger partial charge in [-0.1, -0.05) is 38.3 Å². The van der Waals surface area contributed by atoms with Crippen molar-refractivity contribution in [3.8, 4) is 0 Å². The van der Waals surface area contributed by atoms with Crippen LogP contribution in [0.25, 0.3) is 0 Å². The highest BCUT2D eigenvalue weighted by molar-refractivity contribution is 7.74. The summed E-state index contributed by atoms with van der Waals surface area (Å²) in [5, 5.41) is 3.15. The quantitative estimate of drug-likeness (QED) is 0.621. The van der Waals surface area contributed by atoms with Crippen molar-refractivity contribution in [2.24, 2.45) is 0 Å². The molecule has 1 rings (SSSR count). The summed E-state index contributed by atoms with van der Waals surface area (Å²) in [6.45, 7) is 6.40. The number of rotatable bonds is 6. The van der Waals surface area contributed by atoms with E-state index in [1.165, 1.54) is 11.3 Å². The van der Waals surface area contributed by atoms with Crippen LogP contribution in [0.2, 0.25) is 0 Å². The standard InChI is InChI=1S/C12H20N2S2/c1-8(2)9-10(12(16)11(9)15)14(4)7-5-6-13-3/h8,13H,5-7H2,1-4H3. The lowest BCUT2D eigenvalue weighted by atomic mass is 9.96. The van der Waals surface area contributed by atoms with E-state index in [0.717, 1.165) is 28.5 Å². The second kappa shape index (κ2) is 5.84. The molecule has 4 heteroatoms. The number of nitrogens with zero attached hydrogens (tertiary/aromatic N) is 1. The highest BCUT2D eigenvalue weighted by Gasteiger charge is 2.20. The predicted molar refractivity (Wildman–Crippen MR) is 76.4 cm³/mol. The molecule has 0 saturated carbocycles. The molecule has 16 heavy (non-hydrogen) atoms. The Morgan fingerprint density at radius 2 is 1.88 bits per heavy atom. The number of anilines is 1. The molecule has 0 radical (unpaired) electrons. The van der Waals surface area contributed by atoms with Crippen LogP contribution in [0.15, 0.2) is 0 Å². The average Bonchev–Trinajstić information content (AvgIpc) is 2.23. The Balaban J connectivity index is 2.76. The Hall–Kier alpha value is -0.320. The number of nitrogens with one attached hydrogen (secondary N) is 1. The second-order valence-corrected chi connectivity index (χ2v) is 5.27. The monoisotopic (exact) mass is 256 g/mol. The molecular formula is C12H20N2S2. The van der Waals surface area contributed by atoms with E-state index in [4.69, 9.17) is 24.4 Å². The Morgan fingerprint density at radius 1 is 1.25 bits per heavy atom. The van der Waals surface area contributed by atoms with E-state index in [1.807, 2.05) is 7.05 Å². The summed E-state index contributed by atoms with van der Waals surface area (Å²) >= 11 is 10.6. The van der Waals surface area contributed by atoms with E-state index in [2.05, 4.69) is 31.1 Å². The van der Waals surface area contributed by atoms with Crippen molar-refractivity contribution in [3.63, 3.8) is 0 Å². The molecule has 0 aromatic heterocycles. The first kappa shape index (κ1) is 13.7. The number of hydrogen-bond acceptors (Lipinski definition) is 4. The highest BCUT2D eigenvalue weighted by atomic mass is 32.1. The molecule has 0 aliphatic carbocycles. The first-order valence-electron chi connectivity index (χ1n) is 5.69. The van der Waals surface area contributed by atoms with Crippen LogP contribution in [0.3, 0.4) is 0 Å². The van der Waals surface area contributed by atoms with Crippen LogP contribution in [0.1, 0.15) is 31.7 Å². The normalized spacial score (nSPS) is 11.3. The van der Waals surface area contributed by atoms with Crippen molar-refractivity contribution in [2.45, 2.75) is 26.2 Å². The first-order valence-corrected chi connectivity index (χ1v) is 6.51. The Bertz CT molecular complexity index is 417. The maximum absolute atomic E-state index is 5.32. The van der Waals surface area contributed by atoms with Gasteiger partial charge in [-0.2, -0.15) is 0 Å². The van der Waals surface area contributed by atoms with Crippen molar-refractivity contribution in [1.82, 2.24) is 5.32 Å². The minimum Gasteiger partial charge on any atom is -0.373 e. The zero-order valence-electron chi connectivity index (χ0n) is 10.5. The maximum atomic E-state index is 5.32. The minimum atomic E-state index is 0.473. The van der Waals surface area contributed by atoms with E-state index in [9.17, 15) is 0 Å². The third-order valence-electron chi connectivity index (χ3n) is 2.80. The molecule has 0 spiro atoms. The largest absolute Gasteiger partial charge is 0.373 e. The van der Waals surface area contributed by atoms with Crippen molar-refractivity contribution in [3.05, 3.63) is 14.6 Å². The van der Waals surface area contributed by atoms with Gasteiger partial charge in [-0.3, -0.25) is 0 Å². The molecule has 1 aromatic rings. The Kier molecular flexibility index (Phi) is 5.02. The molecule has 1 N–H and O–H groups in total. The van der Waals surface area contributed by atoms with Crippen molar-refractivity contribution in [2.75, 3.05) is 32.1 Å². The van der Waals surface area contributed by atoms with Crippen LogP contribution in [0.4, 0.5) is 5.69 Å². The van der Waals surface area contributed by atoms with Crippen LogP contribution >= 0.6 is 24.4 Å². The van der Waals surface area contributed by atoms with Gasteiger partial charge in [0, 0.05) is 13.6 Å².